The lowest BCUT2D eigenvalue weighted by molar-refractivity contribution is 0.273. The molecule has 1 fully saturated rings. The van der Waals surface area contributed by atoms with E-state index in [2.05, 4.69) is 19.2 Å². The summed E-state index contributed by atoms with van der Waals surface area (Å²) >= 11 is 0. The first-order chi connectivity index (χ1) is 7.33. The Labute approximate surface area is 96.0 Å². The van der Waals surface area contributed by atoms with E-state index in [1.165, 1.54) is 70.8 Å². The minimum absolute atomic E-state index is 0.504. The second-order valence-corrected chi connectivity index (χ2v) is 5.18. The SMILES string of the molecule is CCCCCCC1(CC)CCCCCN1. The van der Waals surface area contributed by atoms with E-state index in [0.29, 0.717) is 5.54 Å². The number of hydrogen-bond acceptors (Lipinski definition) is 1. The molecule has 15 heavy (non-hydrogen) atoms. The van der Waals surface area contributed by atoms with Gasteiger partial charge < -0.3 is 5.32 Å². The molecule has 1 nitrogen and oxygen atoms in total. The monoisotopic (exact) mass is 211 g/mol. The predicted octanol–water partition coefficient (Wildman–Crippen LogP) is 4.27. The van der Waals surface area contributed by atoms with Crippen molar-refractivity contribution in [2.75, 3.05) is 6.54 Å². The highest BCUT2D eigenvalue weighted by Gasteiger charge is 2.27. The van der Waals surface area contributed by atoms with Gasteiger partial charge in [0.25, 0.3) is 0 Å². The van der Waals surface area contributed by atoms with E-state index in [1.54, 1.807) is 0 Å². The third-order valence-corrected chi connectivity index (χ3v) is 4.02. The molecule has 1 unspecified atom stereocenters. The van der Waals surface area contributed by atoms with Crippen molar-refractivity contribution in [1.82, 2.24) is 5.32 Å². The summed E-state index contributed by atoms with van der Waals surface area (Å²) in [6.45, 7) is 5.90. The third kappa shape index (κ3) is 4.55. The van der Waals surface area contributed by atoms with Crippen molar-refractivity contribution in [3.63, 3.8) is 0 Å². The zero-order valence-corrected chi connectivity index (χ0v) is 10.8. The fourth-order valence-corrected chi connectivity index (χ4v) is 2.79. The largest absolute Gasteiger partial charge is 0.311 e. The fraction of sp³-hybridized carbons (Fsp3) is 1.00. The van der Waals surface area contributed by atoms with E-state index in [9.17, 15) is 0 Å². The summed E-state index contributed by atoms with van der Waals surface area (Å²) in [5.41, 5.74) is 0.504. The van der Waals surface area contributed by atoms with Gasteiger partial charge in [-0.25, -0.2) is 0 Å². The van der Waals surface area contributed by atoms with E-state index in [4.69, 9.17) is 0 Å². The molecule has 1 rings (SSSR count). The Kier molecular flexibility index (Phi) is 6.31. The van der Waals surface area contributed by atoms with Crippen molar-refractivity contribution in [2.24, 2.45) is 0 Å². The molecule has 90 valence electrons. The normalized spacial score (nSPS) is 27.6. The average molecular weight is 211 g/mol. The van der Waals surface area contributed by atoms with Gasteiger partial charge in [-0.1, -0.05) is 52.4 Å². The Balaban J connectivity index is 2.29. The van der Waals surface area contributed by atoms with E-state index in [1.807, 2.05) is 0 Å². The van der Waals surface area contributed by atoms with Crippen molar-refractivity contribution < 1.29 is 0 Å². The molecule has 0 spiro atoms. The van der Waals surface area contributed by atoms with Gasteiger partial charge in [-0.15, -0.1) is 0 Å². The Morgan fingerprint density at radius 2 is 1.87 bits per heavy atom. The first-order valence-corrected chi connectivity index (χ1v) is 7.08. The molecule has 0 aromatic heterocycles. The molecule has 0 aliphatic carbocycles. The van der Waals surface area contributed by atoms with Crippen LogP contribution in [0.4, 0.5) is 0 Å². The van der Waals surface area contributed by atoms with Crippen LogP contribution in [0.25, 0.3) is 0 Å². The number of nitrogens with one attached hydrogen (secondary N) is 1. The van der Waals surface area contributed by atoms with Crippen LogP contribution in [0, 0.1) is 0 Å². The van der Waals surface area contributed by atoms with Gasteiger partial charge in [0.05, 0.1) is 0 Å². The lowest BCUT2D eigenvalue weighted by Gasteiger charge is -2.33. The Morgan fingerprint density at radius 3 is 2.60 bits per heavy atom. The molecule has 1 aliphatic heterocycles. The number of rotatable bonds is 6. The summed E-state index contributed by atoms with van der Waals surface area (Å²) in [4.78, 5) is 0. The van der Waals surface area contributed by atoms with Crippen molar-refractivity contribution >= 4 is 0 Å². The Hall–Kier alpha value is -0.0400. The molecule has 1 aliphatic rings. The van der Waals surface area contributed by atoms with Crippen LogP contribution in [0.3, 0.4) is 0 Å². The molecule has 1 heterocycles. The maximum Gasteiger partial charge on any atom is 0.0178 e. The van der Waals surface area contributed by atoms with Gasteiger partial charge in [0, 0.05) is 5.54 Å². The molecule has 0 aromatic rings. The maximum absolute atomic E-state index is 3.82. The quantitative estimate of drug-likeness (QED) is 0.647. The summed E-state index contributed by atoms with van der Waals surface area (Å²) in [7, 11) is 0. The first kappa shape index (κ1) is 13.0. The average Bonchev–Trinajstić information content (AvgIpc) is 2.51. The van der Waals surface area contributed by atoms with Crippen LogP contribution in [0.2, 0.25) is 0 Å². The molecule has 0 saturated carbocycles. The fourth-order valence-electron chi connectivity index (χ4n) is 2.79. The standard InChI is InChI=1S/C14H29N/c1-3-5-6-8-11-14(4-2)12-9-7-10-13-15-14/h15H,3-13H2,1-2H3. The summed E-state index contributed by atoms with van der Waals surface area (Å²) in [5, 5.41) is 3.82. The van der Waals surface area contributed by atoms with Gasteiger partial charge in [0.15, 0.2) is 0 Å². The Morgan fingerprint density at radius 1 is 1.00 bits per heavy atom. The molecule has 1 N–H and O–H groups in total. The predicted molar refractivity (Wildman–Crippen MR) is 68.3 cm³/mol. The first-order valence-electron chi connectivity index (χ1n) is 7.08. The molecule has 1 atom stereocenters. The van der Waals surface area contributed by atoms with Crippen LogP contribution in [-0.2, 0) is 0 Å². The van der Waals surface area contributed by atoms with Crippen molar-refractivity contribution in [3.8, 4) is 0 Å². The van der Waals surface area contributed by atoms with Gasteiger partial charge in [-0.2, -0.15) is 0 Å². The van der Waals surface area contributed by atoms with Crippen molar-refractivity contribution in [2.45, 2.75) is 83.6 Å². The van der Waals surface area contributed by atoms with Crippen LogP contribution in [-0.4, -0.2) is 12.1 Å². The lowest BCUT2D eigenvalue weighted by atomic mass is 9.85. The molecule has 0 amide bonds. The maximum atomic E-state index is 3.82. The topological polar surface area (TPSA) is 12.0 Å². The van der Waals surface area contributed by atoms with Crippen LogP contribution < -0.4 is 5.32 Å². The van der Waals surface area contributed by atoms with Crippen LogP contribution in [0.1, 0.15) is 78.1 Å². The van der Waals surface area contributed by atoms with Gasteiger partial charge in [-0.3, -0.25) is 0 Å². The summed E-state index contributed by atoms with van der Waals surface area (Å²) in [5.74, 6) is 0. The Bertz CT molecular complexity index is 145. The molecule has 1 saturated heterocycles. The highest BCUT2D eigenvalue weighted by Crippen LogP contribution is 2.28. The second kappa shape index (κ2) is 7.27. The van der Waals surface area contributed by atoms with E-state index in [0.717, 1.165) is 0 Å². The molecular formula is C14H29N. The number of unbranched alkanes of at least 4 members (excludes halogenated alkanes) is 3. The van der Waals surface area contributed by atoms with E-state index >= 15 is 0 Å². The van der Waals surface area contributed by atoms with Crippen LogP contribution >= 0.6 is 0 Å². The molecular weight excluding hydrogens is 182 g/mol. The highest BCUT2D eigenvalue weighted by molar-refractivity contribution is 4.88. The van der Waals surface area contributed by atoms with Gasteiger partial charge >= 0.3 is 0 Å². The molecule has 1 heteroatoms. The second-order valence-electron chi connectivity index (χ2n) is 5.18. The minimum Gasteiger partial charge on any atom is -0.311 e. The van der Waals surface area contributed by atoms with Gasteiger partial charge in [0.2, 0.25) is 0 Å². The minimum atomic E-state index is 0.504. The molecule has 0 bridgehead atoms. The van der Waals surface area contributed by atoms with Crippen molar-refractivity contribution in [1.29, 1.82) is 0 Å². The van der Waals surface area contributed by atoms with Crippen molar-refractivity contribution in [3.05, 3.63) is 0 Å². The van der Waals surface area contributed by atoms with Gasteiger partial charge in [-0.05, 0) is 32.2 Å². The molecule has 0 radical (unpaired) electrons. The van der Waals surface area contributed by atoms with Crippen LogP contribution in [0.5, 0.6) is 0 Å². The summed E-state index contributed by atoms with van der Waals surface area (Å²) in [6.07, 6.45) is 14.0. The third-order valence-electron chi connectivity index (χ3n) is 4.02. The van der Waals surface area contributed by atoms with E-state index in [-0.39, 0.29) is 0 Å². The summed E-state index contributed by atoms with van der Waals surface area (Å²) in [6, 6.07) is 0. The summed E-state index contributed by atoms with van der Waals surface area (Å²) < 4.78 is 0. The van der Waals surface area contributed by atoms with Crippen LogP contribution in [0.15, 0.2) is 0 Å². The zero-order valence-electron chi connectivity index (χ0n) is 10.8. The number of hydrogen-bond donors (Lipinski definition) is 1. The van der Waals surface area contributed by atoms with Gasteiger partial charge in [0.1, 0.15) is 0 Å². The van der Waals surface area contributed by atoms with E-state index < -0.39 is 0 Å². The zero-order chi connectivity index (χ0) is 11.0. The smallest absolute Gasteiger partial charge is 0.0178 e. The lowest BCUT2D eigenvalue weighted by Crippen LogP contribution is -2.43. The highest BCUT2D eigenvalue weighted by atomic mass is 15.0. The molecule has 0 aromatic carbocycles.